The van der Waals surface area contributed by atoms with Crippen LogP contribution in [0.25, 0.3) is 0 Å². The van der Waals surface area contributed by atoms with E-state index in [4.69, 9.17) is 9.84 Å². The molecule has 0 saturated heterocycles. The van der Waals surface area contributed by atoms with E-state index in [2.05, 4.69) is 6.58 Å². The smallest absolute Gasteiger partial charge is 0.333 e. The maximum Gasteiger partial charge on any atom is 0.333 e. The SMILES string of the molecule is C=C1CCC(=C(C)C)[C@H]2/C=C(/C(=O)OC)CC/C=C(\C(=O)O)[C@H](O)C[C@H]12.CO. The number of aliphatic hydroxyl groups excluding tert-OH is 2. The third-order valence-electron chi connectivity index (χ3n) is 5.41. The molecule has 3 atom stereocenters. The van der Waals surface area contributed by atoms with E-state index in [1.165, 1.54) is 24.3 Å². The summed E-state index contributed by atoms with van der Waals surface area (Å²) in [6.07, 6.45) is 5.11. The molecule has 2 aliphatic carbocycles. The van der Waals surface area contributed by atoms with Crippen molar-refractivity contribution in [1.29, 1.82) is 0 Å². The Morgan fingerprint density at radius 1 is 1.18 bits per heavy atom. The number of allylic oxidation sites excluding steroid dienone is 5. The van der Waals surface area contributed by atoms with E-state index < -0.39 is 12.1 Å². The molecule has 0 unspecified atom stereocenters. The van der Waals surface area contributed by atoms with Crippen molar-refractivity contribution in [3.63, 3.8) is 0 Å². The van der Waals surface area contributed by atoms with Crippen LogP contribution in [0.2, 0.25) is 0 Å². The standard InChI is InChI=1S/C21H28O5.CH4O/c1-12(2)15-9-8-13(3)17-11-19(22)16(20(23)24)7-5-6-14(10-18(15)17)21(25)26-4;1-2/h7,10,17-19,22H,3,5-6,8-9,11H2,1-2,4H3,(H,23,24);2H,1H3/b14-10+,16-7-;/t17-,18-,19-;/m1./s1. The summed E-state index contributed by atoms with van der Waals surface area (Å²) in [7, 11) is 2.35. The zero-order valence-corrected chi connectivity index (χ0v) is 17.2. The number of ether oxygens (including phenoxy) is 1. The average Bonchev–Trinajstić information content (AvgIpc) is 2.66. The van der Waals surface area contributed by atoms with Crippen molar-refractivity contribution in [2.24, 2.45) is 11.8 Å². The van der Waals surface area contributed by atoms with Gasteiger partial charge in [0.25, 0.3) is 0 Å². The average molecular weight is 392 g/mol. The van der Waals surface area contributed by atoms with E-state index in [0.29, 0.717) is 18.4 Å². The van der Waals surface area contributed by atoms with Gasteiger partial charge in [-0.15, -0.1) is 0 Å². The van der Waals surface area contributed by atoms with Gasteiger partial charge in [-0.1, -0.05) is 35.5 Å². The van der Waals surface area contributed by atoms with Crippen molar-refractivity contribution in [2.45, 2.75) is 52.1 Å². The normalized spacial score (nSPS) is 29.0. The largest absolute Gasteiger partial charge is 0.478 e. The first-order valence-electron chi connectivity index (χ1n) is 9.45. The molecule has 2 rings (SSSR count). The second kappa shape index (κ2) is 11.0. The first-order chi connectivity index (χ1) is 13.3. The molecular weight excluding hydrogens is 360 g/mol. The van der Waals surface area contributed by atoms with Gasteiger partial charge in [0.05, 0.1) is 18.8 Å². The number of rotatable bonds is 2. The van der Waals surface area contributed by atoms with Crippen LogP contribution in [-0.2, 0) is 14.3 Å². The number of methoxy groups -OCH3 is 1. The van der Waals surface area contributed by atoms with Crippen molar-refractivity contribution in [3.05, 3.63) is 46.6 Å². The van der Waals surface area contributed by atoms with Gasteiger partial charge < -0.3 is 20.1 Å². The molecule has 0 heterocycles. The quantitative estimate of drug-likeness (QED) is 0.493. The number of hydrogen-bond acceptors (Lipinski definition) is 5. The maximum absolute atomic E-state index is 12.2. The number of fused-ring (bicyclic) bond motifs is 1. The first kappa shape index (κ1) is 23.9. The van der Waals surface area contributed by atoms with Crippen LogP contribution in [0.1, 0.15) is 46.0 Å². The summed E-state index contributed by atoms with van der Waals surface area (Å²) < 4.78 is 4.92. The first-order valence-corrected chi connectivity index (χ1v) is 9.45. The second-order valence-corrected chi connectivity index (χ2v) is 7.25. The molecule has 28 heavy (non-hydrogen) atoms. The molecule has 0 bridgehead atoms. The van der Waals surface area contributed by atoms with Crippen molar-refractivity contribution < 1.29 is 29.6 Å². The lowest BCUT2D eigenvalue weighted by Crippen LogP contribution is -2.30. The Morgan fingerprint density at radius 3 is 2.36 bits per heavy atom. The van der Waals surface area contributed by atoms with Gasteiger partial charge in [0.15, 0.2) is 0 Å². The molecule has 3 N–H and O–H groups in total. The summed E-state index contributed by atoms with van der Waals surface area (Å²) in [5.74, 6) is -1.69. The lowest BCUT2D eigenvalue weighted by atomic mass is 9.68. The van der Waals surface area contributed by atoms with Crippen LogP contribution in [-0.4, -0.2) is 47.6 Å². The highest BCUT2D eigenvalue weighted by molar-refractivity contribution is 5.89. The molecule has 0 aliphatic heterocycles. The zero-order chi connectivity index (χ0) is 21.4. The Kier molecular flexibility index (Phi) is 9.35. The maximum atomic E-state index is 12.2. The van der Waals surface area contributed by atoms with E-state index in [9.17, 15) is 19.8 Å². The molecule has 0 aromatic heterocycles. The van der Waals surface area contributed by atoms with Crippen LogP contribution < -0.4 is 0 Å². The van der Waals surface area contributed by atoms with Gasteiger partial charge in [-0.2, -0.15) is 0 Å². The zero-order valence-electron chi connectivity index (χ0n) is 17.2. The molecule has 0 spiro atoms. The number of carboxylic acid groups (broad SMARTS) is 1. The minimum Gasteiger partial charge on any atom is -0.478 e. The molecule has 2 aliphatic rings. The van der Waals surface area contributed by atoms with E-state index in [-0.39, 0.29) is 29.8 Å². The molecule has 0 amide bonds. The summed E-state index contributed by atoms with van der Waals surface area (Å²) >= 11 is 0. The molecule has 156 valence electrons. The van der Waals surface area contributed by atoms with Gasteiger partial charge in [0.2, 0.25) is 0 Å². The predicted octanol–water partition coefficient (Wildman–Crippen LogP) is 3.17. The highest BCUT2D eigenvalue weighted by Crippen LogP contribution is 2.43. The summed E-state index contributed by atoms with van der Waals surface area (Å²) in [5.41, 5.74) is 3.95. The number of esters is 1. The highest BCUT2D eigenvalue weighted by atomic mass is 16.5. The predicted molar refractivity (Wildman–Crippen MR) is 108 cm³/mol. The Balaban J connectivity index is 0.00000190. The summed E-state index contributed by atoms with van der Waals surface area (Å²) in [5, 5.41) is 27.0. The Labute approximate surface area is 166 Å². The van der Waals surface area contributed by atoms with Gasteiger partial charge in [0.1, 0.15) is 0 Å². The van der Waals surface area contributed by atoms with Crippen LogP contribution in [0, 0.1) is 11.8 Å². The van der Waals surface area contributed by atoms with Gasteiger partial charge in [-0.05, 0) is 51.9 Å². The summed E-state index contributed by atoms with van der Waals surface area (Å²) in [4.78, 5) is 23.8. The molecule has 0 radical (unpaired) electrons. The lowest BCUT2D eigenvalue weighted by molar-refractivity contribution is -0.136. The van der Waals surface area contributed by atoms with Gasteiger partial charge >= 0.3 is 11.9 Å². The number of carboxylic acids is 1. The highest BCUT2D eigenvalue weighted by Gasteiger charge is 2.35. The minimum atomic E-state index is -1.12. The van der Waals surface area contributed by atoms with Crippen molar-refractivity contribution >= 4 is 11.9 Å². The Bertz CT molecular complexity index is 694. The fourth-order valence-electron chi connectivity index (χ4n) is 3.98. The molecule has 6 nitrogen and oxygen atoms in total. The molecular formula is C22H32O6. The van der Waals surface area contributed by atoms with Gasteiger partial charge in [0, 0.05) is 18.6 Å². The van der Waals surface area contributed by atoms with Crippen LogP contribution in [0.5, 0.6) is 0 Å². The number of carbonyl (C=O) groups excluding carboxylic acids is 1. The summed E-state index contributed by atoms with van der Waals surface area (Å²) in [6.45, 7) is 8.26. The molecule has 6 heteroatoms. The van der Waals surface area contributed by atoms with E-state index in [1.54, 1.807) is 0 Å². The number of carbonyl (C=O) groups is 2. The van der Waals surface area contributed by atoms with E-state index >= 15 is 0 Å². The molecule has 0 aromatic carbocycles. The molecule has 1 fully saturated rings. The number of aliphatic hydroxyl groups is 2. The number of hydrogen-bond donors (Lipinski definition) is 3. The Hall–Kier alpha value is -2.18. The summed E-state index contributed by atoms with van der Waals surface area (Å²) in [6, 6.07) is 0. The third kappa shape index (κ3) is 5.66. The topological polar surface area (TPSA) is 104 Å². The van der Waals surface area contributed by atoms with Gasteiger partial charge in [-0.25, -0.2) is 9.59 Å². The minimum absolute atomic E-state index is 0.00742. The van der Waals surface area contributed by atoms with Crippen molar-refractivity contribution in [1.82, 2.24) is 0 Å². The van der Waals surface area contributed by atoms with Crippen LogP contribution in [0.3, 0.4) is 0 Å². The monoisotopic (exact) mass is 392 g/mol. The van der Waals surface area contributed by atoms with Crippen molar-refractivity contribution in [2.75, 3.05) is 14.2 Å². The fourth-order valence-corrected chi connectivity index (χ4v) is 3.98. The Morgan fingerprint density at radius 2 is 1.82 bits per heavy atom. The van der Waals surface area contributed by atoms with Crippen LogP contribution >= 0.6 is 0 Å². The van der Waals surface area contributed by atoms with Gasteiger partial charge in [-0.3, -0.25) is 0 Å². The van der Waals surface area contributed by atoms with Crippen LogP contribution in [0.15, 0.2) is 46.6 Å². The van der Waals surface area contributed by atoms with Crippen LogP contribution in [0.4, 0.5) is 0 Å². The molecule has 0 aromatic rings. The number of aliphatic carboxylic acids is 1. The lowest BCUT2D eigenvalue weighted by Gasteiger charge is -2.37. The second-order valence-electron chi connectivity index (χ2n) is 7.25. The van der Waals surface area contributed by atoms with E-state index in [0.717, 1.165) is 25.5 Å². The molecule has 1 saturated carbocycles. The third-order valence-corrected chi connectivity index (χ3v) is 5.41. The van der Waals surface area contributed by atoms with E-state index in [1.807, 2.05) is 19.9 Å². The van der Waals surface area contributed by atoms with Crippen molar-refractivity contribution in [3.8, 4) is 0 Å². The fraction of sp³-hybridized carbons (Fsp3) is 0.545.